The highest BCUT2D eigenvalue weighted by molar-refractivity contribution is 6.05. The number of amides is 2. The molecule has 182 valence electrons. The highest BCUT2D eigenvalue weighted by Crippen LogP contribution is 2.37. The molecule has 1 unspecified atom stereocenters. The second-order valence-corrected chi connectivity index (χ2v) is 8.97. The summed E-state index contributed by atoms with van der Waals surface area (Å²) in [6.45, 7) is 0.472. The Labute approximate surface area is 200 Å². The lowest BCUT2D eigenvalue weighted by atomic mass is 9.97. The van der Waals surface area contributed by atoms with Gasteiger partial charge in [-0.25, -0.2) is 4.98 Å². The second-order valence-electron chi connectivity index (χ2n) is 8.97. The number of hydrogen-bond acceptors (Lipinski definition) is 3. The van der Waals surface area contributed by atoms with Crippen molar-refractivity contribution >= 4 is 34.5 Å². The molecule has 35 heavy (non-hydrogen) atoms. The number of hydrogen-bond donors (Lipinski definition) is 1. The van der Waals surface area contributed by atoms with Gasteiger partial charge in [-0.15, -0.1) is 0 Å². The average Bonchev–Trinajstić information content (AvgIpc) is 3.32. The van der Waals surface area contributed by atoms with Crippen LogP contribution in [-0.2, 0) is 15.8 Å². The van der Waals surface area contributed by atoms with Crippen molar-refractivity contribution < 1.29 is 22.8 Å². The van der Waals surface area contributed by atoms with Crippen LogP contribution in [0.3, 0.4) is 0 Å². The third-order valence-electron chi connectivity index (χ3n) is 6.58. The SMILES string of the molecule is O=C(CC1C(=O)N(CCC2=CCCCC2)c2nc3ccccc3n21)Nc1cccc(C(F)(F)F)c1. The third kappa shape index (κ3) is 4.67. The Morgan fingerprint density at radius 1 is 1.11 bits per heavy atom. The first-order chi connectivity index (χ1) is 16.8. The average molecular weight is 483 g/mol. The summed E-state index contributed by atoms with van der Waals surface area (Å²) in [5.41, 5.74) is 1.98. The number of anilines is 2. The number of fused-ring (bicyclic) bond motifs is 3. The van der Waals surface area contributed by atoms with Crippen LogP contribution in [0.4, 0.5) is 24.8 Å². The monoisotopic (exact) mass is 482 g/mol. The molecule has 0 spiro atoms. The molecule has 3 aromatic rings. The molecule has 9 heteroatoms. The molecule has 0 fully saturated rings. The molecule has 2 heterocycles. The van der Waals surface area contributed by atoms with Crippen LogP contribution in [0.5, 0.6) is 0 Å². The lowest BCUT2D eigenvalue weighted by Gasteiger charge is -2.18. The number of carbonyl (C=O) groups is 2. The molecule has 2 amide bonds. The van der Waals surface area contributed by atoms with Gasteiger partial charge in [0.2, 0.25) is 11.9 Å². The molecular formula is C26H25F3N4O2. The fourth-order valence-electron chi connectivity index (χ4n) is 4.86. The first kappa shape index (κ1) is 23.1. The van der Waals surface area contributed by atoms with Crippen molar-refractivity contribution in [2.75, 3.05) is 16.8 Å². The van der Waals surface area contributed by atoms with Gasteiger partial charge in [-0.2, -0.15) is 13.2 Å². The summed E-state index contributed by atoms with van der Waals surface area (Å²) in [6, 6.07) is 11.1. The quantitative estimate of drug-likeness (QED) is 0.448. The van der Waals surface area contributed by atoms with Crippen molar-refractivity contribution in [1.82, 2.24) is 9.55 Å². The number of nitrogens with zero attached hydrogens (tertiary/aromatic N) is 3. The standard InChI is InChI=1S/C26H25F3N4O2/c27-26(28,29)18-9-6-10-19(15-18)30-23(34)16-22-24(35)32(14-13-17-7-2-1-3-8-17)25-31-20-11-4-5-12-21(20)33(22)25/h4-7,9-12,15,22H,1-3,8,13-14,16H2,(H,30,34). The van der Waals surface area contributed by atoms with Crippen LogP contribution in [0.25, 0.3) is 11.0 Å². The highest BCUT2D eigenvalue weighted by atomic mass is 19.4. The van der Waals surface area contributed by atoms with E-state index >= 15 is 0 Å². The fraction of sp³-hybridized carbons (Fsp3) is 0.346. The van der Waals surface area contributed by atoms with Gasteiger partial charge in [0.1, 0.15) is 6.04 Å². The zero-order valence-electron chi connectivity index (χ0n) is 19.0. The van der Waals surface area contributed by atoms with Gasteiger partial charge < -0.3 is 5.32 Å². The summed E-state index contributed by atoms with van der Waals surface area (Å²) in [7, 11) is 0. The fourth-order valence-corrected chi connectivity index (χ4v) is 4.86. The molecule has 0 saturated carbocycles. The van der Waals surface area contributed by atoms with E-state index < -0.39 is 23.7 Å². The van der Waals surface area contributed by atoms with Gasteiger partial charge in [0, 0.05) is 12.2 Å². The Bertz CT molecular complexity index is 1310. The maximum Gasteiger partial charge on any atom is 0.416 e. The number of aromatic nitrogens is 2. The van der Waals surface area contributed by atoms with E-state index in [9.17, 15) is 22.8 Å². The number of carbonyl (C=O) groups excluding carboxylic acids is 2. The van der Waals surface area contributed by atoms with Crippen molar-refractivity contribution in [2.45, 2.75) is 50.7 Å². The van der Waals surface area contributed by atoms with Crippen LogP contribution < -0.4 is 10.2 Å². The Morgan fingerprint density at radius 3 is 2.71 bits per heavy atom. The summed E-state index contributed by atoms with van der Waals surface area (Å²) < 4.78 is 40.9. The number of nitrogens with one attached hydrogen (secondary N) is 1. The van der Waals surface area contributed by atoms with E-state index in [0.29, 0.717) is 12.5 Å². The molecule has 1 atom stereocenters. The molecule has 1 aliphatic carbocycles. The number of halogens is 3. The van der Waals surface area contributed by atoms with E-state index in [1.165, 1.54) is 24.1 Å². The van der Waals surface area contributed by atoms with Crippen LogP contribution in [0, 0.1) is 0 Å². The van der Waals surface area contributed by atoms with Crippen LogP contribution >= 0.6 is 0 Å². The summed E-state index contributed by atoms with van der Waals surface area (Å²) >= 11 is 0. The predicted octanol–water partition coefficient (Wildman–Crippen LogP) is 5.86. The predicted molar refractivity (Wildman–Crippen MR) is 127 cm³/mol. The topological polar surface area (TPSA) is 67.2 Å². The minimum atomic E-state index is -4.51. The smallest absolute Gasteiger partial charge is 0.326 e. The lowest BCUT2D eigenvalue weighted by molar-refractivity contribution is -0.137. The summed E-state index contributed by atoms with van der Waals surface area (Å²) in [6.07, 6.45) is 2.69. The summed E-state index contributed by atoms with van der Waals surface area (Å²) in [5.74, 6) is -0.262. The molecule has 6 nitrogen and oxygen atoms in total. The highest BCUT2D eigenvalue weighted by Gasteiger charge is 2.40. The minimum Gasteiger partial charge on any atom is -0.326 e. The Balaban J connectivity index is 1.38. The number of alkyl halides is 3. The zero-order chi connectivity index (χ0) is 24.6. The molecule has 1 aliphatic heterocycles. The number of rotatable bonds is 6. The molecule has 2 aromatic carbocycles. The van der Waals surface area contributed by atoms with Gasteiger partial charge in [-0.3, -0.25) is 19.1 Å². The second kappa shape index (κ2) is 9.20. The Kier molecular flexibility index (Phi) is 6.08. The van der Waals surface area contributed by atoms with Crippen LogP contribution in [0.1, 0.15) is 50.1 Å². The van der Waals surface area contributed by atoms with Gasteiger partial charge >= 0.3 is 6.18 Å². The first-order valence-electron chi connectivity index (χ1n) is 11.7. The van der Waals surface area contributed by atoms with E-state index in [1.807, 2.05) is 24.3 Å². The molecule has 1 N–H and O–H groups in total. The van der Waals surface area contributed by atoms with Crippen molar-refractivity contribution in [3.05, 3.63) is 65.7 Å². The number of para-hydroxylation sites is 2. The third-order valence-corrected chi connectivity index (χ3v) is 6.58. The van der Waals surface area contributed by atoms with E-state index in [1.54, 1.807) is 9.47 Å². The number of benzene rings is 2. The van der Waals surface area contributed by atoms with Crippen LogP contribution in [-0.4, -0.2) is 27.9 Å². The molecule has 0 bridgehead atoms. The normalized spacial score (nSPS) is 18.0. The van der Waals surface area contributed by atoms with Gasteiger partial charge in [0.05, 0.1) is 23.0 Å². The first-order valence-corrected chi connectivity index (χ1v) is 11.7. The van der Waals surface area contributed by atoms with Crippen molar-refractivity contribution in [3.8, 4) is 0 Å². The van der Waals surface area contributed by atoms with Crippen LogP contribution in [0.2, 0.25) is 0 Å². The maximum atomic E-state index is 13.4. The molecule has 0 saturated heterocycles. The van der Waals surface area contributed by atoms with E-state index in [2.05, 4.69) is 16.4 Å². The summed E-state index contributed by atoms with van der Waals surface area (Å²) in [4.78, 5) is 32.6. The molecule has 1 aromatic heterocycles. The van der Waals surface area contributed by atoms with Crippen molar-refractivity contribution in [2.24, 2.45) is 0 Å². The van der Waals surface area contributed by atoms with Gasteiger partial charge in [-0.05, 0) is 62.4 Å². The van der Waals surface area contributed by atoms with Crippen LogP contribution in [0.15, 0.2) is 60.2 Å². The molecule has 2 aliphatic rings. The molecular weight excluding hydrogens is 457 g/mol. The molecule has 5 rings (SSSR count). The number of allylic oxidation sites excluding steroid dienone is 1. The van der Waals surface area contributed by atoms with Gasteiger partial charge in [-0.1, -0.05) is 29.8 Å². The summed E-state index contributed by atoms with van der Waals surface area (Å²) in [5, 5.41) is 2.52. The van der Waals surface area contributed by atoms with Gasteiger partial charge in [0.15, 0.2) is 0 Å². The van der Waals surface area contributed by atoms with E-state index in [4.69, 9.17) is 0 Å². The van der Waals surface area contributed by atoms with Crippen molar-refractivity contribution in [1.29, 1.82) is 0 Å². The van der Waals surface area contributed by atoms with Crippen molar-refractivity contribution in [3.63, 3.8) is 0 Å². The maximum absolute atomic E-state index is 13.4. The van der Waals surface area contributed by atoms with E-state index in [0.717, 1.165) is 48.8 Å². The molecule has 0 radical (unpaired) electrons. The van der Waals surface area contributed by atoms with E-state index in [-0.39, 0.29) is 18.0 Å². The van der Waals surface area contributed by atoms with Gasteiger partial charge in [0.25, 0.3) is 5.91 Å². The Hall–Kier alpha value is -3.62. The lowest BCUT2D eigenvalue weighted by Crippen LogP contribution is -2.32. The Morgan fingerprint density at radius 2 is 1.94 bits per heavy atom. The minimum absolute atomic E-state index is 0.0343. The largest absolute Gasteiger partial charge is 0.416 e. The zero-order valence-corrected chi connectivity index (χ0v) is 19.0. The number of imidazole rings is 1.